The molecule has 1 aromatic heterocycles. The van der Waals surface area contributed by atoms with Gasteiger partial charge in [-0.3, -0.25) is 20.4 Å². The van der Waals surface area contributed by atoms with Crippen LogP contribution in [-0.2, 0) is 27.7 Å². The lowest BCUT2D eigenvalue weighted by Crippen LogP contribution is -2.48. The third-order valence-electron chi connectivity index (χ3n) is 6.25. The average Bonchev–Trinajstić information content (AvgIpc) is 3.08. The fourth-order valence-electron chi connectivity index (χ4n) is 4.28. The van der Waals surface area contributed by atoms with Crippen molar-refractivity contribution in [2.45, 2.75) is 56.8 Å². The van der Waals surface area contributed by atoms with Crippen LogP contribution in [0.15, 0.2) is 35.2 Å². The summed E-state index contributed by atoms with van der Waals surface area (Å²) in [4.78, 5) is 27.2. The third kappa shape index (κ3) is 5.05. The summed E-state index contributed by atoms with van der Waals surface area (Å²) in [7, 11) is -3.56. The van der Waals surface area contributed by atoms with Gasteiger partial charge in [0.1, 0.15) is 0 Å². The monoisotopic (exact) mass is 475 g/mol. The first-order chi connectivity index (χ1) is 15.3. The zero-order chi connectivity index (χ0) is 22.7. The molecule has 0 spiro atoms. The van der Waals surface area contributed by atoms with Crippen LogP contribution in [0.4, 0.5) is 0 Å². The molecular weight excluding hydrogens is 446 g/mol. The highest BCUT2D eigenvalue weighted by atomic mass is 32.2. The van der Waals surface area contributed by atoms with E-state index in [1.165, 1.54) is 32.5 Å². The third-order valence-corrected chi connectivity index (χ3v) is 9.40. The Morgan fingerprint density at radius 1 is 1.00 bits per heavy atom. The Bertz CT molecular complexity index is 1060. The summed E-state index contributed by atoms with van der Waals surface area (Å²) in [5, 5.41) is 0. The number of amides is 2. The highest BCUT2D eigenvalue weighted by molar-refractivity contribution is 7.89. The summed E-state index contributed by atoms with van der Waals surface area (Å²) in [6.45, 7) is 2.47. The highest BCUT2D eigenvalue weighted by Gasteiger charge is 2.32. The van der Waals surface area contributed by atoms with E-state index < -0.39 is 10.0 Å². The zero-order valence-electron chi connectivity index (χ0n) is 18.2. The number of hydrogen-bond donors (Lipinski definition) is 2. The van der Waals surface area contributed by atoms with Crippen LogP contribution < -0.4 is 10.9 Å². The molecule has 1 saturated heterocycles. The van der Waals surface area contributed by atoms with E-state index in [-0.39, 0.29) is 35.7 Å². The summed E-state index contributed by atoms with van der Waals surface area (Å²) < 4.78 is 27.1. The maximum absolute atomic E-state index is 12.8. The molecule has 1 fully saturated rings. The molecule has 2 heterocycles. The Morgan fingerprint density at radius 2 is 1.69 bits per heavy atom. The van der Waals surface area contributed by atoms with E-state index in [9.17, 15) is 18.0 Å². The van der Waals surface area contributed by atoms with Gasteiger partial charge < -0.3 is 0 Å². The normalized spacial score (nSPS) is 17.9. The number of nitrogens with one attached hydrogen (secondary N) is 2. The minimum atomic E-state index is -3.56. The molecule has 4 rings (SSSR count). The van der Waals surface area contributed by atoms with Crippen LogP contribution >= 0.6 is 11.3 Å². The van der Waals surface area contributed by atoms with Gasteiger partial charge in [0.05, 0.1) is 9.77 Å². The molecule has 1 aliphatic heterocycles. The lowest BCUT2D eigenvalue weighted by molar-refractivity contribution is -0.126. The van der Waals surface area contributed by atoms with Gasteiger partial charge in [-0.2, -0.15) is 4.31 Å². The average molecular weight is 476 g/mol. The van der Waals surface area contributed by atoms with Crippen LogP contribution in [0.3, 0.4) is 0 Å². The molecule has 2 aliphatic rings. The quantitative estimate of drug-likeness (QED) is 0.524. The number of piperidine rings is 1. The number of hydrazine groups is 1. The minimum Gasteiger partial charge on any atom is -0.273 e. The fourth-order valence-corrected chi connectivity index (χ4v) is 6.90. The van der Waals surface area contributed by atoms with E-state index in [4.69, 9.17) is 0 Å². The second-order valence-corrected chi connectivity index (χ2v) is 11.6. The molecule has 0 bridgehead atoms. The summed E-state index contributed by atoms with van der Waals surface area (Å²) >= 11 is 1.51. The van der Waals surface area contributed by atoms with E-state index in [2.05, 4.69) is 10.9 Å². The van der Waals surface area contributed by atoms with Gasteiger partial charge in [-0.1, -0.05) is 24.1 Å². The number of carbonyl (C=O) groups excluding carboxylic acids is 2. The first-order valence-corrected chi connectivity index (χ1v) is 13.4. The van der Waals surface area contributed by atoms with Gasteiger partial charge in [-0.15, -0.1) is 11.3 Å². The molecule has 1 aromatic carbocycles. The molecule has 2 N–H and O–H groups in total. The lowest BCUT2D eigenvalue weighted by Gasteiger charge is -2.30. The van der Waals surface area contributed by atoms with Gasteiger partial charge in [-0.05, 0) is 69.2 Å². The van der Waals surface area contributed by atoms with Crippen molar-refractivity contribution in [2.24, 2.45) is 5.92 Å². The van der Waals surface area contributed by atoms with Gasteiger partial charge in [0.25, 0.3) is 5.91 Å². The van der Waals surface area contributed by atoms with Crippen LogP contribution in [0.5, 0.6) is 0 Å². The Labute approximate surface area is 193 Å². The predicted molar refractivity (Wildman–Crippen MR) is 124 cm³/mol. The van der Waals surface area contributed by atoms with Crippen molar-refractivity contribution >= 4 is 33.2 Å². The summed E-state index contributed by atoms with van der Waals surface area (Å²) in [6, 6.07) is 8.73. The smallest absolute Gasteiger partial charge is 0.273 e. The largest absolute Gasteiger partial charge is 0.279 e. The van der Waals surface area contributed by atoms with Gasteiger partial charge in [0.2, 0.25) is 15.9 Å². The molecule has 0 radical (unpaired) electrons. The van der Waals surface area contributed by atoms with Crippen molar-refractivity contribution in [3.8, 4) is 0 Å². The van der Waals surface area contributed by atoms with Crippen LogP contribution in [0.2, 0.25) is 0 Å². The number of thiophene rings is 1. The van der Waals surface area contributed by atoms with E-state index >= 15 is 0 Å². The highest BCUT2D eigenvalue weighted by Crippen LogP contribution is 2.29. The second kappa shape index (κ2) is 9.72. The van der Waals surface area contributed by atoms with Gasteiger partial charge >= 0.3 is 0 Å². The van der Waals surface area contributed by atoms with E-state index in [0.29, 0.717) is 17.7 Å². The molecule has 172 valence electrons. The molecule has 1 aliphatic carbocycles. The molecule has 7 nitrogen and oxygen atoms in total. The molecule has 0 atom stereocenters. The summed E-state index contributed by atoms with van der Waals surface area (Å²) in [6.07, 6.45) is 6.40. The molecule has 2 amide bonds. The Kier molecular flexibility index (Phi) is 6.97. The number of fused-ring (bicyclic) bond motifs is 1. The number of carbonyl (C=O) groups is 2. The standard InChI is InChI=1S/C23H29N3O4S2/c1-16-7-9-19(10-8-16)32(29,30)26-13-11-17(12-14-26)22(27)24-25-23(28)21-15-18-5-3-2-4-6-20(18)31-21/h7-10,15,17H,2-6,11-14H2,1H3,(H,24,27)(H,25,28). The van der Waals surface area contributed by atoms with Crippen LogP contribution in [-0.4, -0.2) is 37.6 Å². The maximum Gasteiger partial charge on any atom is 0.279 e. The van der Waals surface area contributed by atoms with Crippen molar-refractivity contribution in [1.82, 2.24) is 15.2 Å². The summed E-state index contributed by atoms with van der Waals surface area (Å²) in [5.41, 5.74) is 7.32. The van der Waals surface area contributed by atoms with Crippen molar-refractivity contribution in [3.63, 3.8) is 0 Å². The Hall–Kier alpha value is -2.23. The van der Waals surface area contributed by atoms with Crippen molar-refractivity contribution in [1.29, 1.82) is 0 Å². The van der Waals surface area contributed by atoms with Crippen LogP contribution in [0.1, 0.15) is 57.8 Å². The first kappa shape index (κ1) is 22.9. The minimum absolute atomic E-state index is 0.271. The second-order valence-electron chi connectivity index (χ2n) is 8.55. The Balaban J connectivity index is 1.28. The number of nitrogens with zero attached hydrogens (tertiary/aromatic N) is 1. The van der Waals surface area contributed by atoms with Crippen molar-refractivity contribution in [2.75, 3.05) is 13.1 Å². The number of rotatable bonds is 4. The topological polar surface area (TPSA) is 95.6 Å². The van der Waals surface area contributed by atoms with Crippen molar-refractivity contribution < 1.29 is 18.0 Å². The summed E-state index contributed by atoms with van der Waals surface area (Å²) in [5.74, 6) is -0.903. The Morgan fingerprint density at radius 3 is 2.41 bits per heavy atom. The molecular formula is C23H29N3O4S2. The molecule has 0 unspecified atom stereocenters. The molecule has 2 aromatic rings. The van der Waals surface area contributed by atoms with Crippen LogP contribution in [0, 0.1) is 12.8 Å². The SMILES string of the molecule is Cc1ccc(S(=O)(=O)N2CCC(C(=O)NNC(=O)c3cc4c(s3)CCCCC4)CC2)cc1. The molecule has 9 heteroatoms. The van der Waals surface area contributed by atoms with Gasteiger partial charge in [-0.25, -0.2) is 8.42 Å². The van der Waals surface area contributed by atoms with Crippen LogP contribution in [0.25, 0.3) is 0 Å². The number of hydrogen-bond acceptors (Lipinski definition) is 5. The lowest BCUT2D eigenvalue weighted by atomic mass is 9.98. The molecule has 0 saturated carbocycles. The van der Waals surface area contributed by atoms with Gasteiger partial charge in [0.15, 0.2) is 0 Å². The predicted octanol–water partition coefficient (Wildman–Crippen LogP) is 3.19. The first-order valence-electron chi connectivity index (χ1n) is 11.1. The number of benzene rings is 1. The van der Waals surface area contributed by atoms with E-state index in [1.54, 1.807) is 24.3 Å². The maximum atomic E-state index is 12.8. The van der Waals surface area contributed by atoms with Crippen molar-refractivity contribution in [3.05, 3.63) is 51.2 Å². The van der Waals surface area contributed by atoms with E-state index in [1.807, 2.05) is 13.0 Å². The zero-order valence-corrected chi connectivity index (χ0v) is 19.9. The van der Waals surface area contributed by atoms with Gasteiger partial charge in [0, 0.05) is 23.9 Å². The molecule has 32 heavy (non-hydrogen) atoms. The fraction of sp³-hybridized carbons (Fsp3) is 0.478. The number of sulfonamides is 1. The van der Waals surface area contributed by atoms with E-state index in [0.717, 1.165) is 31.2 Å². The number of aryl methyl sites for hydroxylation is 3.